The van der Waals surface area contributed by atoms with Crippen LogP contribution in [0.4, 0.5) is 0 Å². The third-order valence-electron chi connectivity index (χ3n) is 3.39. The van der Waals surface area contributed by atoms with Crippen molar-refractivity contribution in [1.82, 2.24) is 4.57 Å². The molecule has 0 saturated carbocycles. The second-order valence-corrected chi connectivity index (χ2v) is 4.88. The van der Waals surface area contributed by atoms with Crippen molar-refractivity contribution in [3.05, 3.63) is 48.0 Å². The van der Waals surface area contributed by atoms with Crippen molar-refractivity contribution in [2.24, 2.45) is 0 Å². The molecule has 0 aliphatic heterocycles. The summed E-state index contributed by atoms with van der Waals surface area (Å²) in [7, 11) is 0. The Hall–Kier alpha value is -2.09. The van der Waals surface area contributed by atoms with Crippen LogP contribution in [-0.4, -0.2) is 10.9 Å². The molecule has 2 nitrogen and oxygen atoms in total. The molecular formula is C16H15NO. The molecule has 0 fully saturated rings. The molecule has 0 aliphatic rings. The summed E-state index contributed by atoms with van der Waals surface area (Å²) in [6, 6.07) is 14.6. The SMILES string of the molecule is CC(C)n1c2ccccc2c2cc(C=O)ccc21. The van der Waals surface area contributed by atoms with Crippen molar-refractivity contribution in [3.63, 3.8) is 0 Å². The molecule has 18 heavy (non-hydrogen) atoms. The number of carbonyl (C=O) groups is 1. The van der Waals surface area contributed by atoms with Crippen molar-refractivity contribution in [3.8, 4) is 0 Å². The van der Waals surface area contributed by atoms with Crippen LogP contribution in [-0.2, 0) is 0 Å². The maximum Gasteiger partial charge on any atom is 0.150 e. The van der Waals surface area contributed by atoms with Crippen LogP contribution in [0.5, 0.6) is 0 Å². The zero-order valence-corrected chi connectivity index (χ0v) is 10.6. The van der Waals surface area contributed by atoms with Crippen LogP contribution in [0.2, 0.25) is 0 Å². The number of hydrogen-bond donors (Lipinski definition) is 0. The van der Waals surface area contributed by atoms with E-state index in [1.165, 1.54) is 16.4 Å². The average molecular weight is 237 g/mol. The standard InChI is InChI=1S/C16H15NO/c1-11(2)17-15-6-4-3-5-13(15)14-9-12(10-18)7-8-16(14)17/h3-11H,1-2H3. The van der Waals surface area contributed by atoms with Crippen molar-refractivity contribution < 1.29 is 4.79 Å². The molecule has 3 aromatic rings. The van der Waals surface area contributed by atoms with Crippen molar-refractivity contribution in [2.45, 2.75) is 19.9 Å². The van der Waals surface area contributed by atoms with Crippen LogP contribution in [0.15, 0.2) is 42.5 Å². The number of para-hydroxylation sites is 1. The maximum absolute atomic E-state index is 10.9. The summed E-state index contributed by atoms with van der Waals surface area (Å²) < 4.78 is 2.32. The van der Waals surface area contributed by atoms with Crippen LogP contribution in [0.25, 0.3) is 21.8 Å². The highest BCUT2D eigenvalue weighted by Crippen LogP contribution is 2.31. The highest BCUT2D eigenvalue weighted by molar-refractivity contribution is 6.09. The lowest BCUT2D eigenvalue weighted by molar-refractivity contribution is 0.112. The number of nitrogens with zero attached hydrogens (tertiary/aromatic N) is 1. The smallest absolute Gasteiger partial charge is 0.150 e. The Morgan fingerprint density at radius 2 is 1.72 bits per heavy atom. The van der Waals surface area contributed by atoms with E-state index in [1.807, 2.05) is 24.3 Å². The number of rotatable bonds is 2. The van der Waals surface area contributed by atoms with Crippen LogP contribution in [0.3, 0.4) is 0 Å². The van der Waals surface area contributed by atoms with Gasteiger partial charge in [-0.25, -0.2) is 0 Å². The van der Waals surface area contributed by atoms with E-state index in [0.717, 1.165) is 17.2 Å². The second kappa shape index (κ2) is 3.98. The van der Waals surface area contributed by atoms with Gasteiger partial charge in [0.05, 0.1) is 0 Å². The summed E-state index contributed by atoms with van der Waals surface area (Å²) in [4.78, 5) is 10.9. The number of benzene rings is 2. The Labute approximate surface area is 106 Å². The molecule has 2 heteroatoms. The Balaban J connectivity index is 2.53. The molecule has 0 unspecified atom stereocenters. The summed E-state index contributed by atoms with van der Waals surface area (Å²) in [5.41, 5.74) is 3.15. The van der Waals surface area contributed by atoms with Gasteiger partial charge >= 0.3 is 0 Å². The summed E-state index contributed by atoms with van der Waals surface area (Å²) in [5.74, 6) is 0. The Bertz CT molecular complexity index is 737. The van der Waals surface area contributed by atoms with Gasteiger partial charge in [-0.2, -0.15) is 0 Å². The Morgan fingerprint density at radius 1 is 1.00 bits per heavy atom. The van der Waals surface area contributed by atoms with Gasteiger partial charge in [0.1, 0.15) is 6.29 Å². The van der Waals surface area contributed by atoms with Crippen LogP contribution in [0.1, 0.15) is 30.2 Å². The Kier molecular flexibility index (Phi) is 2.44. The normalized spacial score (nSPS) is 11.5. The molecule has 90 valence electrons. The van der Waals surface area contributed by atoms with E-state index in [0.29, 0.717) is 6.04 Å². The fourth-order valence-corrected chi connectivity index (χ4v) is 2.65. The first-order valence-electron chi connectivity index (χ1n) is 6.20. The second-order valence-electron chi connectivity index (χ2n) is 4.88. The van der Waals surface area contributed by atoms with Gasteiger partial charge in [-0.05, 0) is 38.1 Å². The lowest BCUT2D eigenvalue weighted by Crippen LogP contribution is -1.99. The molecule has 1 aromatic heterocycles. The number of carbonyl (C=O) groups excluding carboxylic acids is 1. The predicted octanol–water partition coefficient (Wildman–Crippen LogP) is 4.19. The molecule has 0 N–H and O–H groups in total. The van der Waals surface area contributed by atoms with E-state index in [1.54, 1.807) is 0 Å². The number of aromatic nitrogens is 1. The van der Waals surface area contributed by atoms with Crippen LogP contribution >= 0.6 is 0 Å². The molecule has 0 radical (unpaired) electrons. The summed E-state index contributed by atoms with van der Waals surface area (Å²) in [5, 5.41) is 2.37. The van der Waals surface area contributed by atoms with Gasteiger partial charge < -0.3 is 4.57 Å². The molecule has 0 atom stereocenters. The van der Waals surface area contributed by atoms with Gasteiger partial charge in [0.2, 0.25) is 0 Å². The highest BCUT2D eigenvalue weighted by Gasteiger charge is 2.12. The summed E-state index contributed by atoms with van der Waals surface area (Å²) >= 11 is 0. The molecule has 0 aliphatic carbocycles. The third-order valence-corrected chi connectivity index (χ3v) is 3.39. The molecule has 0 saturated heterocycles. The van der Waals surface area contributed by atoms with E-state index in [9.17, 15) is 4.79 Å². The lowest BCUT2D eigenvalue weighted by atomic mass is 10.1. The molecule has 3 rings (SSSR count). The molecule has 1 heterocycles. The van der Waals surface area contributed by atoms with E-state index < -0.39 is 0 Å². The largest absolute Gasteiger partial charge is 0.338 e. The lowest BCUT2D eigenvalue weighted by Gasteiger charge is -2.11. The minimum Gasteiger partial charge on any atom is -0.338 e. The molecule has 0 bridgehead atoms. The first kappa shape index (κ1) is 11.0. The van der Waals surface area contributed by atoms with E-state index in [-0.39, 0.29) is 0 Å². The van der Waals surface area contributed by atoms with Gasteiger partial charge in [0.25, 0.3) is 0 Å². The molecule has 2 aromatic carbocycles. The topological polar surface area (TPSA) is 22.0 Å². The quantitative estimate of drug-likeness (QED) is 0.612. The summed E-state index contributed by atoms with van der Waals surface area (Å²) in [6.45, 7) is 4.36. The van der Waals surface area contributed by atoms with Crippen molar-refractivity contribution in [1.29, 1.82) is 0 Å². The van der Waals surface area contributed by atoms with Crippen LogP contribution < -0.4 is 0 Å². The van der Waals surface area contributed by atoms with Gasteiger partial charge in [-0.3, -0.25) is 4.79 Å². The molecule has 0 amide bonds. The van der Waals surface area contributed by atoms with E-state index in [2.05, 4.69) is 36.6 Å². The van der Waals surface area contributed by atoms with Gasteiger partial charge in [-0.15, -0.1) is 0 Å². The molecule has 0 spiro atoms. The van der Waals surface area contributed by atoms with Crippen LogP contribution in [0, 0.1) is 0 Å². The summed E-state index contributed by atoms with van der Waals surface area (Å²) in [6.07, 6.45) is 0.904. The highest BCUT2D eigenvalue weighted by atomic mass is 16.1. The monoisotopic (exact) mass is 237 g/mol. The minimum absolute atomic E-state index is 0.398. The fraction of sp³-hybridized carbons (Fsp3) is 0.188. The Morgan fingerprint density at radius 3 is 2.44 bits per heavy atom. The number of aldehydes is 1. The first-order valence-corrected chi connectivity index (χ1v) is 6.20. The van der Waals surface area contributed by atoms with Gasteiger partial charge in [0.15, 0.2) is 0 Å². The van der Waals surface area contributed by atoms with Crippen molar-refractivity contribution in [2.75, 3.05) is 0 Å². The third kappa shape index (κ3) is 1.46. The van der Waals surface area contributed by atoms with Gasteiger partial charge in [0, 0.05) is 33.4 Å². The number of fused-ring (bicyclic) bond motifs is 3. The average Bonchev–Trinajstić information content (AvgIpc) is 2.72. The van der Waals surface area contributed by atoms with E-state index >= 15 is 0 Å². The zero-order chi connectivity index (χ0) is 12.7. The van der Waals surface area contributed by atoms with Crippen molar-refractivity contribution >= 4 is 28.1 Å². The number of hydrogen-bond acceptors (Lipinski definition) is 1. The predicted molar refractivity (Wildman–Crippen MR) is 75.2 cm³/mol. The zero-order valence-electron chi connectivity index (χ0n) is 10.6. The molecular weight excluding hydrogens is 222 g/mol. The van der Waals surface area contributed by atoms with Gasteiger partial charge in [-0.1, -0.05) is 18.2 Å². The van der Waals surface area contributed by atoms with E-state index in [4.69, 9.17) is 0 Å². The fourth-order valence-electron chi connectivity index (χ4n) is 2.65. The first-order chi connectivity index (χ1) is 8.72. The minimum atomic E-state index is 0.398. The maximum atomic E-state index is 10.9.